The first-order valence-corrected chi connectivity index (χ1v) is 6.40. The molecule has 3 nitrogen and oxygen atoms in total. The van der Waals surface area contributed by atoms with E-state index in [0.717, 1.165) is 5.03 Å². The first kappa shape index (κ1) is 13.1. The highest BCUT2D eigenvalue weighted by molar-refractivity contribution is 7.99. The Labute approximate surface area is 105 Å². The van der Waals surface area contributed by atoms with Crippen molar-refractivity contribution in [1.82, 2.24) is 4.98 Å². The van der Waals surface area contributed by atoms with Crippen LogP contribution in [0.3, 0.4) is 0 Å². The van der Waals surface area contributed by atoms with E-state index in [1.54, 1.807) is 13.1 Å². The molecule has 0 N–H and O–H groups in total. The monoisotopic (exact) mass is 255 g/mol. The molecule has 0 saturated heterocycles. The smallest absolute Gasteiger partial charge is 0.306 e. The molecule has 1 aromatic heterocycles. The molecule has 0 amide bonds. The third kappa shape index (κ3) is 4.72. The molecule has 0 radical (unpaired) electrons. The summed E-state index contributed by atoms with van der Waals surface area (Å²) >= 11 is 6.34. The molecule has 1 atom stereocenters. The highest BCUT2D eigenvalue weighted by atomic mass is 32.2. The topological polar surface area (TPSA) is 39.2 Å². The van der Waals surface area contributed by atoms with Gasteiger partial charge in [-0.25, -0.2) is 4.98 Å². The fourth-order valence-electron chi connectivity index (χ4n) is 0.953. The Morgan fingerprint density at radius 2 is 2.50 bits per heavy atom. The van der Waals surface area contributed by atoms with Gasteiger partial charge in [-0.3, -0.25) is 4.79 Å². The van der Waals surface area contributed by atoms with Crippen molar-refractivity contribution in [2.75, 3.05) is 5.75 Å². The van der Waals surface area contributed by atoms with Gasteiger partial charge < -0.3 is 4.74 Å². The summed E-state index contributed by atoms with van der Waals surface area (Å²) in [6.45, 7) is 1.76. The molecule has 0 aromatic carbocycles. The summed E-state index contributed by atoms with van der Waals surface area (Å²) < 4.78 is 5.12. The zero-order chi connectivity index (χ0) is 11.8. The van der Waals surface area contributed by atoms with Gasteiger partial charge in [-0.2, -0.15) is 0 Å². The number of rotatable bonds is 6. The predicted octanol–water partition coefficient (Wildman–Crippen LogP) is 2.50. The van der Waals surface area contributed by atoms with Crippen LogP contribution in [0.25, 0.3) is 0 Å². The Bertz CT molecular complexity index is 343. The lowest BCUT2D eigenvalue weighted by atomic mass is 10.4. The normalized spacial score (nSPS) is 11.8. The van der Waals surface area contributed by atoms with Crippen molar-refractivity contribution in [3.05, 3.63) is 24.4 Å². The van der Waals surface area contributed by atoms with E-state index in [-0.39, 0.29) is 12.1 Å². The van der Waals surface area contributed by atoms with Crippen LogP contribution in [0.4, 0.5) is 0 Å². The number of thiocarbonyl (C=S) groups is 1. The first-order valence-electron chi connectivity index (χ1n) is 4.95. The highest BCUT2D eigenvalue weighted by Gasteiger charge is 2.10. The van der Waals surface area contributed by atoms with Gasteiger partial charge in [-0.15, -0.1) is 11.8 Å². The number of nitrogens with zero attached hydrogens (tertiary/aromatic N) is 1. The second kappa shape index (κ2) is 7.35. The molecule has 5 heteroatoms. The molecule has 0 aliphatic heterocycles. The third-order valence-corrected chi connectivity index (χ3v) is 3.09. The summed E-state index contributed by atoms with van der Waals surface area (Å²) in [6, 6.07) is 5.68. The maximum atomic E-state index is 11.1. The number of thioether (sulfide) groups is 1. The summed E-state index contributed by atoms with van der Waals surface area (Å²) in [4.78, 5) is 15.2. The second-order valence-corrected chi connectivity index (χ2v) is 4.31. The molecule has 1 unspecified atom stereocenters. The Kier molecular flexibility index (Phi) is 6.03. The summed E-state index contributed by atoms with van der Waals surface area (Å²) in [7, 11) is 0. The molecule has 1 heterocycles. The van der Waals surface area contributed by atoms with Crippen molar-refractivity contribution in [3.8, 4) is 0 Å². The molecule has 0 aliphatic carbocycles. The summed E-state index contributed by atoms with van der Waals surface area (Å²) in [5.41, 5.74) is 0. The van der Waals surface area contributed by atoms with Crippen LogP contribution in [-0.2, 0) is 9.53 Å². The minimum absolute atomic E-state index is 0.229. The molecule has 1 rings (SSSR count). The third-order valence-electron chi connectivity index (χ3n) is 1.76. The number of hydrogen-bond donors (Lipinski definition) is 0. The van der Waals surface area contributed by atoms with Gasteiger partial charge in [-0.05, 0) is 12.1 Å². The highest BCUT2D eigenvalue weighted by Crippen LogP contribution is 2.16. The fraction of sp³-hybridized carbons (Fsp3) is 0.364. The minimum Gasteiger partial charge on any atom is -0.456 e. The maximum absolute atomic E-state index is 11.1. The van der Waals surface area contributed by atoms with Gasteiger partial charge in [-0.1, -0.05) is 25.2 Å². The number of hydrogen-bond acceptors (Lipinski definition) is 5. The van der Waals surface area contributed by atoms with Crippen molar-refractivity contribution in [3.63, 3.8) is 0 Å². The lowest BCUT2D eigenvalue weighted by Crippen LogP contribution is -2.20. The lowest BCUT2D eigenvalue weighted by Gasteiger charge is -2.11. The molecule has 0 aliphatic rings. The van der Waals surface area contributed by atoms with Gasteiger partial charge in [0, 0.05) is 23.7 Å². The molecular formula is C11H13NO2S2. The van der Waals surface area contributed by atoms with Crippen LogP contribution in [0, 0.1) is 0 Å². The molecule has 1 aromatic rings. The Balaban J connectivity index is 2.40. The van der Waals surface area contributed by atoms with Crippen LogP contribution in [-0.4, -0.2) is 28.2 Å². The van der Waals surface area contributed by atoms with Gasteiger partial charge in [0.05, 0.1) is 5.03 Å². The SMILES string of the molecule is CCC(=O)OC(C=S)CSc1ccccn1. The molecular weight excluding hydrogens is 242 g/mol. The molecule has 0 bridgehead atoms. The van der Waals surface area contributed by atoms with Crippen LogP contribution in [0.5, 0.6) is 0 Å². The van der Waals surface area contributed by atoms with Gasteiger partial charge in [0.2, 0.25) is 0 Å². The van der Waals surface area contributed by atoms with Crippen LogP contribution in [0.15, 0.2) is 29.4 Å². The maximum Gasteiger partial charge on any atom is 0.306 e. The molecule has 0 fully saturated rings. The van der Waals surface area contributed by atoms with E-state index in [1.165, 1.54) is 17.1 Å². The minimum atomic E-state index is -0.325. The van der Waals surface area contributed by atoms with E-state index < -0.39 is 0 Å². The molecule has 86 valence electrons. The summed E-state index contributed by atoms with van der Waals surface area (Å²) in [5.74, 6) is 0.374. The number of ether oxygens (including phenoxy) is 1. The number of carbonyl (C=O) groups excluding carboxylic acids is 1. The zero-order valence-electron chi connectivity index (χ0n) is 8.96. The van der Waals surface area contributed by atoms with E-state index in [0.29, 0.717) is 12.2 Å². The number of aromatic nitrogens is 1. The van der Waals surface area contributed by atoms with E-state index in [1.807, 2.05) is 18.2 Å². The van der Waals surface area contributed by atoms with Crippen molar-refractivity contribution in [2.45, 2.75) is 24.5 Å². The fourth-order valence-corrected chi connectivity index (χ4v) is 2.04. The average Bonchev–Trinajstić information content (AvgIpc) is 2.35. The van der Waals surface area contributed by atoms with Crippen molar-refractivity contribution in [2.24, 2.45) is 0 Å². The van der Waals surface area contributed by atoms with Crippen molar-refractivity contribution < 1.29 is 9.53 Å². The first-order chi connectivity index (χ1) is 7.76. The van der Waals surface area contributed by atoms with Crippen LogP contribution in [0.1, 0.15) is 13.3 Å². The van der Waals surface area contributed by atoms with Gasteiger partial charge in [0.1, 0.15) is 6.10 Å². The van der Waals surface area contributed by atoms with Crippen LogP contribution < -0.4 is 0 Å². The number of esters is 1. The van der Waals surface area contributed by atoms with Crippen molar-refractivity contribution in [1.29, 1.82) is 0 Å². The standard InChI is InChI=1S/C11H13NO2S2/c1-2-11(13)14-9(7-15)8-16-10-5-3-4-6-12-10/h3-7,9H,2,8H2,1H3. The van der Waals surface area contributed by atoms with Crippen molar-refractivity contribution >= 4 is 35.3 Å². The number of pyridine rings is 1. The zero-order valence-corrected chi connectivity index (χ0v) is 10.6. The average molecular weight is 255 g/mol. The predicted molar refractivity (Wildman–Crippen MR) is 68.8 cm³/mol. The molecule has 0 spiro atoms. The molecule has 16 heavy (non-hydrogen) atoms. The van der Waals surface area contributed by atoms with Gasteiger partial charge in [0.25, 0.3) is 0 Å². The Morgan fingerprint density at radius 1 is 1.69 bits per heavy atom. The lowest BCUT2D eigenvalue weighted by molar-refractivity contribution is -0.144. The molecule has 0 saturated carbocycles. The largest absolute Gasteiger partial charge is 0.456 e. The van der Waals surface area contributed by atoms with Crippen LogP contribution >= 0.6 is 24.0 Å². The Morgan fingerprint density at radius 3 is 3.06 bits per heavy atom. The number of carbonyl (C=O) groups is 1. The second-order valence-electron chi connectivity index (χ2n) is 3.00. The quantitative estimate of drug-likeness (QED) is 0.443. The van der Waals surface area contributed by atoms with E-state index >= 15 is 0 Å². The van der Waals surface area contributed by atoms with E-state index in [2.05, 4.69) is 4.98 Å². The van der Waals surface area contributed by atoms with E-state index in [9.17, 15) is 4.79 Å². The Hall–Kier alpha value is -0.940. The van der Waals surface area contributed by atoms with Gasteiger partial charge >= 0.3 is 5.97 Å². The summed E-state index contributed by atoms with van der Waals surface area (Å²) in [6.07, 6.45) is 1.77. The van der Waals surface area contributed by atoms with E-state index in [4.69, 9.17) is 17.0 Å². The van der Waals surface area contributed by atoms with Gasteiger partial charge in [0.15, 0.2) is 0 Å². The van der Waals surface area contributed by atoms with Crippen LogP contribution in [0.2, 0.25) is 0 Å². The summed E-state index contributed by atoms with van der Waals surface area (Å²) in [5, 5.41) is 2.38.